The number of halogens is 1. The number of aromatic nitrogens is 1. The molecule has 0 aliphatic rings. The highest BCUT2D eigenvalue weighted by atomic mass is 19.1. The van der Waals surface area contributed by atoms with Gasteiger partial charge in [-0.15, -0.1) is 0 Å². The smallest absolute Gasteiger partial charge is 0.255 e. The molecule has 0 atom stereocenters. The fraction of sp³-hybridized carbons (Fsp3) is 0.400. The Balaban J connectivity index is 0.00000391. The number of benzene rings is 2. The van der Waals surface area contributed by atoms with E-state index in [0.29, 0.717) is 23.5 Å². The summed E-state index contributed by atoms with van der Waals surface area (Å²) in [6.07, 6.45) is 1.44. The molecule has 1 aromatic heterocycles. The zero-order valence-corrected chi connectivity index (χ0v) is 23.9. The Labute approximate surface area is 234 Å². The van der Waals surface area contributed by atoms with Crippen molar-refractivity contribution in [1.82, 2.24) is 14.8 Å². The molecule has 0 saturated carbocycles. The van der Waals surface area contributed by atoms with Crippen LogP contribution in [0.25, 0.3) is 0 Å². The van der Waals surface area contributed by atoms with Gasteiger partial charge in [-0.1, -0.05) is 32.9 Å². The molecule has 0 fully saturated rings. The average Bonchev–Trinajstić information content (AvgIpc) is 2.93. The van der Waals surface area contributed by atoms with Gasteiger partial charge in [0.25, 0.3) is 5.91 Å². The molecule has 3 aromatic rings. The van der Waals surface area contributed by atoms with Crippen LogP contribution in [0.4, 0.5) is 15.9 Å². The van der Waals surface area contributed by atoms with E-state index in [9.17, 15) is 14.3 Å². The number of aryl methyl sites for hydroxylation is 2. The number of likely N-dealkylation sites (N-methyl/N-ethyl adjacent to an activating group) is 2. The first-order chi connectivity index (χ1) is 18.7. The van der Waals surface area contributed by atoms with Crippen molar-refractivity contribution in [2.75, 3.05) is 51.0 Å². The zero-order chi connectivity index (χ0) is 28.9. The van der Waals surface area contributed by atoms with Crippen molar-refractivity contribution >= 4 is 17.4 Å². The highest BCUT2D eigenvalue weighted by Crippen LogP contribution is 2.35. The minimum absolute atomic E-state index is 0. The molecule has 4 N–H and O–H groups in total. The molecule has 3 rings (SSSR count). The lowest BCUT2D eigenvalue weighted by Crippen LogP contribution is -2.34. The molecule has 0 radical (unpaired) electrons. The molecule has 0 aliphatic heterocycles. The van der Waals surface area contributed by atoms with E-state index < -0.39 is 0 Å². The summed E-state index contributed by atoms with van der Waals surface area (Å²) >= 11 is 0. The molecule has 216 valence electrons. The number of nitrogens with zero attached hydrogens (tertiary/aromatic N) is 3. The number of carbonyl (C=O) groups is 1. The summed E-state index contributed by atoms with van der Waals surface area (Å²) in [7, 11) is 2.05. The number of nitrogens with one attached hydrogen (secondary N) is 1. The topological polar surface area (TPSA) is 104 Å². The Bertz CT molecular complexity index is 1230. The monoisotopic (exact) mass is 543 g/mol. The molecular weight excluding hydrogens is 497 g/mol. The molecule has 1 amide bonds. The molecule has 39 heavy (non-hydrogen) atoms. The minimum atomic E-state index is -0.329. The van der Waals surface area contributed by atoms with E-state index >= 15 is 0 Å². The maximum Gasteiger partial charge on any atom is 0.255 e. The molecule has 0 bridgehead atoms. The van der Waals surface area contributed by atoms with E-state index in [1.807, 2.05) is 52.8 Å². The van der Waals surface area contributed by atoms with E-state index in [0.717, 1.165) is 42.9 Å². The van der Waals surface area contributed by atoms with Gasteiger partial charge in [0.2, 0.25) is 5.75 Å². The van der Waals surface area contributed by atoms with E-state index in [1.54, 1.807) is 18.2 Å². The Morgan fingerprint density at radius 2 is 1.82 bits per heavy atom. The lowest BCUT2D eigenvalue weighted by molar-refractivity contribution is 0.102. The van der Waals surface area contributed by atoms with Crippen LogP contribution in [-0.2, 0) is 6.54 Å². The highest BCUT2D eigenvalue weighted by molar-refractivity contribution is 6.04. The zero-order valence-electron chi connectivity index (χ0n) is 23.9. The summed E-state index contributed by atoms with van der Waals surface area (Å²) in [5.41, 5.74) is 9.78. The van der Waals surface area contributed by atoms with Gasteiger partial charge < -0.3 is 25.8 Å². The summed E-state index contributed by atoms with van der Waals surface area (Å²) in [6.45, 7) is 13.3. The van der Waals surface area contributed by atoms with Crippen LogP contribution in [0.5, 0.6) is 17.2 Å². The van der Waals surface area contributed by atoms with Crippen LogP contribution in [0.2, 0.25) is 0 Å². The van der Waals surface area contributed by atoms with Gasteiger partial charge in [-0.25, -0.2) is 9.37 Å². The first kappa shape index (κ1) is 31.5. The van der Waals surface area contributed by atoms with Gasteiger partial charge in [0, 0.05) is 52.5 Å². The number of amides is 1. The first-order valence-electron chi connectivity index (χ1n) is 13.3. The fourth-order valence-electron chi connectivity index (χ4n) is 3.89. The summed E-state index contributed by atoms with van der Waals surface area (Å²) in [5.74, 6) is 0.0275. The van der Waals surface area contributed by atoms with Gasteiger partial charge in [-0.05, 0) is 68.4 Å². The van der Waals surface area contributed by atoms with Gasteiger partial charge in [0.15, 0.2) is 11.6 Å². The number of nitrogen functional groups attached to an aromatic ring is 1. The van der Waals surface area contributed by atoms with Gasteiger partial charge in [0.1, 0.15) is 12.4 Å². The van der Waals surface area contributed by atoms with Crippen molar-refractivity contribution in [3.8, 4) is 17.2 Å². The maximum absolute atomic E-state index is 13.0. The van der Waals surface area contributed by atoms with Crippen LogP contribution >= 0.6 is 0 Å². The molecule has 0 aliphatic carbocycles. The van der Waals surface area contributed by atoms with E-state index in [1.165, 1.54) is 12.3 Å². The van der Waals surface area contributed by atoms with Gasteiger partial charge >= 0.3 is 0 Å². The number of carbonyl (C=O) groups excluding carboxylic acids is 1. The normalized spacial score (nSPS) is 10.8. The fourth-order valence-corrected chi connectivity index (χ4v) is 3.89. The predicted molar refractivity (Wildman–Crippen MR) is 161 cm³/mol. The van der Waals surface area contributed by atoms with Crippen molar-refractivity contribution in [2.45, 2.75) is 41.2 Å². The maximum atomic E-state index is 13.0. The Kier molecular flexibility index (Phi) is 12.7. The van der Waals surface area contributed by atoms with Crippen molar-refractivity contribution < 1.29 is 21.9 Å². The lowest BCUT2D eigenvalue weighted by Gasteiger charge is -2.24. The predicted octanol–water partition coefficient (Wildman–Crippen LogP) is 6.27. The second-order valence-corrected chi connectivity index (χ2v) is 9.08. The van der Waals surface area contributed by atoms with Crippen LogP contribution in [-0.4, -0.2) is 65.7 Å². The van der Waals surface area contributed by atoms with Gasteiger partial charge in [-0.2, -0.15) is 0 Å². The summed E-state index contributed by atoms with van der Waals surface area (Å²) in [5, 5.41) is 13.0. The average molecular weight is 544 g/mol. The van der Waals surface area contributed by atoms with E-state index in [2.05, 4.69) is 27.1 Å². The number of aromatic hydroxyl groups is 1. The number of rotatable bonds is 12. The third-order valence-corrected chi connectivity index (χ3v) is 6.27. The molecule has 8 nitrogen and oxygen atoms in total. The summed E-state index contributed by atoms with van der Waals surface area (Å²) in [6, 6.07) is 12.5. The molecule has 0 spiro atoms. The number of ether oxygens (including phenoxy) is 1. The van der Waals surface area contributed by atoms with E-state index in [4.69, 9.17) is 10.5 Å². The third kappa shape index (κ3) is 9.23. The van der Waals surface area contributed by atoms with Crippen LogP contribution in [0.3, 0.4) is 0 Å². The quantitative estimate of drug-likeness (QED) is 0.247. The molecule has 0 unspecified atom stereocenters. The van der Waals surface area contributed by atoms with E-state index in [-0.39, 0.29) is 32.8 Å². The second-order valence-electron chi connectivity index (χ2n) is 9.08. The van der Waals surface area contributed by atoms with Crippen LogP contribution in [0, 0.1) is 13.8 Å². The second kappa shape index (κ2) is 15.7. The highest BCUT2D eigenvalue weighted by Gasteiger charge is 2.14. The standard InChI is InChI=1S/C28H36FN5O3.C2H6.2H2/c1-5-34(13-11-29)15-14-33(4)18-22-8-9-23(16-20(22)3)32-28(36)21-7-6-19(2)25(17-21)37-24-10-12-31-27(30)26(24)35;1-2;;/h6-10,12,16-17,35H,5,11,13-15,18H2,1-4H3,(H2,30,31)(H,32,36);1-2H3;2*1H. The Morgan fingerprint density at radius 3 is 2.49 bits per heavy atom. The van der Waals surface area contributed by atoms with Gasteiger partial charge in [0.05, 0.1) is 0 Å². The SMILES string of the molecule is CC.CCN(CCF)CCN(C)Cc1ccc(NC(=O)c2ccc(C)c(Oc3ccnc(N)c3O)c2)cc1C.[HH].[HH]. The number of alkyl halides is 1. The van der Waals surface area contributed by atoms with Crippen LogP contribution in [0.15, 0.2) is 48.7 Å². The van der Waals surface area contributed by atoms with Gasteiger partial charge in [-0.3, -0.25) is 9.69 Å². The van der Waals surface area contributed by atoms with Crippen molar-refractivity contribution in [3.63, 3.8) is 0 Å². The number of hydrogen-bond acceptors (Lipinski definition) is 7. The minimum Gasteiger partial charge on any atom is -0.502 e. The molecule has 2 aromatic carbocycles. The largest absolute Gasteiger partial charge is 0.502 e. The molecule has 1 heterocycles. The molecular formula is C30H46FN5O3. The van der Waals surface area contributed by atoms with Crippen molar-refractivity contribution in [1.29, 1.82) is 0 Å². The Morgan fingerprint density at radius 1 is 1.08 bits per heavy atom. The summed E-state index contributed by atoms with van der Waals surface area (Å²) in [4.78, 5) is 21.1. The number of pyridine rings is 1. The number of hydrogen-bond donors (Lipinski definition) is 3. The summed E-state index contributed by atoms with van der Waals surface area (Å²) < 4.78 is 18.5. The number of nitrogens with two attached hydrogens (primary N) is 1. The van der Waals surface area contributed by atoms with Crippen LogP contribution < -0.4 is 15.8 Å². The van der Waals surface area contributed by atoms with Crippen molar-refractivity contribution in [3.05, 3.63) is 70.9 Å². The molecule has 0 saturated heterocycles. The number of anilines is 2. The first-order valence-corrected chi connectivity index (χ1v) is 13.3. The Hall–Kier alpha value is -3.69. The van der Waals surface area contributed by atoms with Crippen LogP contribution in [0.1, 0.15) is 50.7 Å². The lowest BCUT2D eigenvalue weighted by atomic mass is 10.1. The van der Waals surface area contributed by atoms with Crippen molar-refractivity contribution in [2.24, 2.45) is 0 Å². The third-order valence-electron chi connectivity index (χ3n) is 6.27. The molecule has 9 heteroatoms.